The van der Waals surface area contributed by atoms with Gasteiger partial charge in [-0.15, -0.1) is 0 Å². The van der Waals surface area contributed by atoms with E-state index < -0.39 is 27.8 Å². The number of hydrogen-bond acceptors (Lipinski definition) is 5. The Labute approximate surface area is 176 Å². The van der Waals surface area contributed by atoms with Crippen molar-refractivity contribution in [2.45, 2.75) is 32.4 Å². The number of methoxy groups -OCH3 is 1. The monoisotopic (exact) mass is 438 g/mol. The third kappa shape index (κ3) is 6.35. The Hall–Kier alpha value is -2.81. The molecule has 0 fully saturated rings. The van der Waals surface area contributed by atoms with Crippen LogP contribution >= 0.6 is 0 Å². The Balaban J connectivity index is 2.07. The zero-order valence-corrected chi connectivity index (χ0v) is 18.3. The third-order valence-electron chi connectivity index (χ3n) is 4.36. The number of benzene rings is 2. The summed E-state index contributed by atoms with van der Waals surface area (Å²) in [4.78, 5) is 12.8. The van der Waals surface area contributed by atoms with Crippen molar-refractivity contribution in [3.63, 3.8) is 0 Å². The Morgan fingerprint density at radius 2 is 1.67 bits per heavy atom. The van der Waals surface area contributed by atoms with Gasteiger partial charge in [-0.2, -0.15) is 0 Å². The second-order valence-electron chi connectivity index (χ2n) is 6.86. The van der Waals surface area contributed by atoms with Crippen molar-refractivity contribution in [2.75, 3.05) is 24.3 Å². The lowest BCUT2D eigenvalue weighted by molar-refractivity contribution is -0.123. The molecule has 7 nitrogen and oxygen atoms in total. The summed E-state index contributed by atoms with van der Waals surface area (Å²) in [5.74, 6) is 0.372. The Morgan fingerprint density at radius 1 is 1.10 bits per heavy atom. The largest absolute Gasteiger partial charge is 0.497 e. The molecule has 0 radical (unpaired) electrons. The van der Waals surface area contributed by atoms with Gasteiger partial charge in [0.15, 0.2) is 0 Å². The average Bonchev–Trinajstić information content (AvgIpc) is 2.70. The van der Waals surface area contributed by atoms with E-state index in [2.05, 4.69) is 5.32 Å². The zero-order valence-electron chi connectivity index (χ0n) is 17.5. The summed E-state index contributed by atoms with van der Waals surface area (Å²) in [5, 5.41) is 2.79. The van der Waals surface area contributed by atoms with Crippen LogP contribution in [0.5, 0.6) is 11.5 Å². The number of halogens is 1. The Kier molecular flexibility index (Phi) is 8.05. The quantitative estimate of drug-likeness (QED) is 0.617. The van der Waals surface area contributed by atoms with Gasteiger partial charge in [-0.1, -0.05) is 6.92 Å². The lowest BCUT2D eigenvalue weighted by atomic mass is 10.1. The number of sulfonamides is 1. The van der Waals surface area contributed by atoms with Gasteiger partial charge in [0, 0.05) is 0 Å². The highest BCUT2D eigenvalue weighted by Crippen LogP contribution is 2.23. The first-order chi connectivity index (χ1) is 14.2. The molecule has 2 aromatic carbocycles. The van der Waals surface area contributed by atoms with Crippen molar-refractivity contribution < 1.29 is 27.1 Å². The van der Waals surface area contributed by atoms with E-state index in [-0.39, 0.29) is 24.8 Å². The summed E-state index contributed by atoms with van der Waals surface area (Å²) in [5.41, 5.74) is 0.225. The SMILES string of the molecule is CC[C@@H](C(=O)N[C@H](C)COc1ccc(OC)cc1)N(c1ccc(F)cc1)S(C)(=O)=O. The lowest BCUT2D eigenvalue weighted by Gasteiger charge is -2.31. The number of ether oxygens (including phenoxy) is 2. The van der Waals surface area contributed by atoms with E-state index in [0.717, 1.165) is 22.7 Å². The average molecular weight is 439 g/mol. The summed E-state index contributed by atoms with van der Waals surface area (Å²) in [6.07, 6.45) is 1.25. The van der Waals surface area contributed by atoms with Crippen LogP contribution in [0.4, 0.5) is 10.1 Å². The second kappa shape index (κ2) is 10.3. The van der Waals surface area contributed by atoms with Crippen LogP contribution in [-0.4, -0.2) is 46.4 Å². The molecule has 0 aromatic heterocycles. The number of amides is 1. The molecule has 164 valence electrons. The van der Waals surface area contributed by atoms with Crippen LogP contribution in [0.15, 0.2) is 48.5 Å². The molecule has 30 heavy (non-hydrogen) atoms. The number of anilines is 1. The normalized spacial score (nSPS) is 13.2. The molecule has 2 rings (SSSR count). The van der Waals surface area contributed by atoms with E-state index in [1.807, 2.05) is 0 Å². The standard InChI is InChI=1S/C21H27FN2O5S/c1-5-20(24(30(4,26)27)17-8-6-16(22)7-9-17)21(25)23-15(2)14-29-19-12-10-18(28-3)11-13-19/h6-13,15,20H,5,14H2,1-4H3,(H,23,25)/t15-,20+/m1/s1. The van der Waals surface area contributed by atoms with Gasteiger partial charge in [-0.05, 0) is 61.9 Å². The summed E-state index contributed by atoms with van der Waals surface area (Å²) >= 11 is 0. The topological polar surface area (TPSA) is 84.9 Å². The van der Waals surface area contributed by atoms with Gasteiger partial charge in [0.2, 0.25) is 15.9 Å². The lowest BCUT2D eigenvalue weighted by Crippen LogP contribution is -2.52. The summed E-state index contributed by atoms with van der Waals surface area (Å²) in [6.45, 7) is 3.67. The van der Waals surface area contributed by atoms with Crippen molar-refractivity contribution in [1.82, 2.24) is 5.32 Å². The summed E-state index contributed by atoms with van der Waals surface area (Å²) < 4.78 is 49.8. The molecule has 2 aromatic rings. The minimum atomic E-state index is -3.78. The number of hydrogen-bond donors (Lipinski definition) is 1. The molecular formula is C21H27FN2O5S. The molecule has 0 unspecified atom stereocenters. The van der Waals surface area contributed by atoms with Gasteiger partial charge in [0.25, 0.3) is 0 Å². The van der Waals surface area contributed by atoms with Crippen molar-refractivity contribution in [3.05, 3.63) is 54.3 Å². The molecule has 0 saturated carbocycles. The second-order valence-corrected chi connectivity index (χ2v) is 8.71. The predicted molar refractivity (Wildman–Crippen MR) is 114 cm³/mol. The number of nitrogens with one attached hydrogen (secondary N) is 1. The molecule has 0 aliphatic heterocycles. The molecule has 0 saturated heterocycles. The maximum Gasteiger partial charge on any atom is 0.244 e. The van der Waals surface area contributed by atoms with Crippen LogP contribution in [0.25, 0.3) is 0 Å². The van der Waals surface area contributed by atoms with Gasteiger partial charge in [-0.3, -0.25) is 9.10 Å². The van der Waals surface area contributed by atoms with Gasteiger partial charge in [-0.25, -0.2) is 12.8 Å². The fourth-order valence-electron chi connectivity index (χ4n) is 2.92. The molecule has 1 N–H and O–H groups in total. The molecule has 0 spiro atoms. The van der Waals surface area contributed by atoms with Crippen molar-refractivity contribution in [3.8, 4) is 11.5 Å². The van der Waals surface area contributed by atoms with Gasteiger partial charge < -0.3 is 14.8 Å². The molecular weight excluding hydrogens is 411 g/mol. The number of carbonyl (C=O) groups is 1. The van der Waals surface area contributed by atoms with Crippen molar-refractivity contribution in [2.24, 2.45) is 0 Å². The molecule has 0 aliphatic rings. The zero-order chi connectivity index (χ0) is 22.3. The minimum Gasteiger partial charge on any atom is -0.497 e. The van der Waals surface area contributed by atoms with Crippen molar-refractivity contribution in [1.29, 1.82) is 0 Å². The van der Waals surface area contributed by atoms with Gasteiger partial charge >= 0.3 is 0 Å². The van der Waals surface area contributed by atoms with Gasteiger partial charge in [0.1, 0.15) is 30.0 Å². The van der Waals surface area contributed by atoms with Crippen molar-refractivity contribution >= 4 is 21.6 Å². The highest BCUT2D eigenvalue weighted by Gasteiger charge is 2.32. The number of carbonyl (C=O) groups excluding carboxylic acids is 1. The van der Waals surface area contributed by atoms with E-state index in [9.17, 15) is 17.6 Å². The highest BCUT2D eigenvalue weighted by atomic mass is 32.2. The smallest absolute Gasteiger partial charge is 0.244 e. The first-order valence-electron chi connectivity index (χ1n) is 9.48. The first-order valence-corrected chi connectivity index (χ1v) is 11.3. The van der Waals surface area contributed by atoms with Crippen LogP contribution in [-0.2, 0) is 14.8 Å². The highest BCUT2D eigenvalue weighted by molar-refractivity contribution is 7.92. The molecule has 1 amide bonds. The van der Waals surface area contributed by atoms with Crippen LogP contribution in [0.1, 0.15) is 20.3 Å². The van der Waals surface area contributed by atoms with Crippen LogP contribution in [0.3, 0.4) is 0 Å². The molecule has 2 atom stereocenters. The fourth-order valence-corrected chi connectivity index (χ4v) is 4.13. The van der Waals surface area contributed by atoms with Crippen LogP contribution in [0.2, 0.25) is 0 Å². The Bertz CT molecular complexity index is 933. The molecule has 0 heterocycles. The summed E-state index contributed by atoms with van der Waals surface area (Å²) in [6, 6.07) is 10.7. The molecule has 0 aliphatic carbocycles. The predicted octanol–water partition coefficient (Wildman–Crippen LogP) is 2.96. The van der Waals surface area contributed by atoms with E-state index in [0.29, 0.717) is 11.5 Å². The van der Waals surface area contributed by atoms with E-state index in [4.69, 9.17) is 9.47 Å². The molecule has 9 heteroatoms. The Morgan fingerprint density at radius 3 is 2.17 bits per heavy atom. The minimum absolute atomic E-state index is 0.198. The van der Waals surface area contributed by atoms with Crippen LogP contribution in [0, 0.1) is 5.82 Å². The maximum absolute atomic E-state index is 13.3. The van der Waals surface area contributed by atoms with Gasteiger partial charge in [0.05, 0.1) is 25.1 Å². The van der Waals surface area contributed by atoms with Crippen LogP contribution < -0.4 is 19.1 Å². The summed E-state index contributed by atoms with van der Waals surface area (Å²) in [7, 11) is -2.21. The van der Waals surface area contributed by atoms with E-state index in [1.165, 1.54) is 12.1 Å². The third-order valence-corrected chi connectivity index (χ3v) is 5.54. The first kappa shape index (κ1) is 23.5. The number of rotatable bonds is 10. The van der Waals surface area contributed by atoms with E-state index in [1.54, 1.807) is 45.2 Å². The number of nitrogens with zero attached hydrogens (tertiary/aromatic N) is 1. The molecule has 0 bridgehead atoms. The maximum atomic E-state index is 13.3. The van der Waals surface area contributed by atoms with E-state index >= 15 is 0 Å². The fraction of sp³-hybridized carbons (Fsp3) is 0.381.